The number of imide groups is 1. The van der Waals surface area contributed by atoms with Gasteiger partial charge in [0, 0.05) is 37.1 Å². The van der Waals surface area contributed by atoms with Gasteiger partial charge < -0.3 is 9.73 Å². The molecule has 1 N–H and O–H groups in total. The third-order valence-electron chi connectivity index (χ3n) is 4.09. The largest absolute Gasteiger partial charge is 0.344 e. The number of hydroxylamine groups is 2. The van der Waals surface area contributed by atoms with Gasteiger partial charge in [0.15, 0.2) is 9.84 Å². The molecule has 31 heavy (non-hydrogen) atoms. The van der Waals surface area contributed by atoms with Gasteiger partial charge >= 0.3 is 5.97 Å². The third-order valence-corrected chi connectivity index (χ3v) is 10.3. The molecule has 1 saturated heterocycles. The summed E-state index contributed by atoms with van der Waals surface area (Å²) >= 11 is 0. The molecule has 1 aromatic heterocycles. The van der Waals surface area contributed by atoms with E-state index in [1.54, 1.807) is 6.20 Å². The minimum Gasteiger partial charge on any atom is -0.344 e. The van der Waals surface area contributed by atoms with Crippen LogP contribution in [0.1, 0.15) is 25.7 Å². The molecule has 0 spiro atoms. The zero-order valence-electron chi connectivity index (χ0n) is 16.5. The van der Waals surface area contributed by atoms with Crippen LogP contribution in [0.15, 0.2) is 29.4 Å². The molecule has 1 unspecified atom stereocenters. The second kappa shape index (κ2) is 12.0. The molecule has 14 heteroatoms. The zero-order chi connectivity index (χ0) is 22.9. The monoisotopic (exact) mass is 510 g/mol. The van der Waals surface area contributed by atoms with E-state index >= 15 is 0 Å². The first-order valence-electron chi connectivity index (χ1n) is 9.36. The summed E-state index contributed by atoms with van der Waals surface area (Å²) in [6, 6.07) is 5.53. The van der Waals surface area contributed by atoms with E-state index in [9.17, 15) is 32.3 Å². The van der Waals surface area contributed by atoms with Crippen LogP contribution < -0.4 is 0 Å². The molecule has 1 aliphatic heterocycles. The highest BCUT2D eigenvalue weighted by molar-refractivity contribution is 8.76. The normalized spacial score (nSPS) is 16.4. The van der Waals surface area contributed by atoms with E-state index < -0.39 is 59.1 Å². The van der Waals surface area contributed by atoms with Crippen LogP contribution in [-0.4, -0.2) is 70.7 Å². The molecular weight excluding hydrogens is 487 g/mol. The van der Waals surface area contributed by atoms with Crippen molar-refractivity contribution in [2.75, 3.05) is 29.6 Å². The quantitative estimate of drug-likeness (QED) is 0.179. The lowest BCUT2D eigenvalue weighted by Gasteiger charge is -2.13. The summed E-state index contributed by atoms with van der Waals surface area (Å²) < 4.78 is 36.4. The number of pyridine rings is 1. The number of rotatable bonds is 13. The first-order chi connectivity index (χ1) is 14.6. The minimum absolute atomic E-state index is 0.000473. The van der Waals surface area contributed by atoms with E-state index in [1.165, 1.54) is 21.6 Å². The van der Waals surface area contributed by atoms with Gasteiger partial charge in [0.1, 0.15) is 5.03 Å². The third kappa shape index (κ3) is 9.73. The number of aromatic nitrogens is 1. The van der Waals surface area contributed by atoms with Crippen molar-refractivity contribution >= 4 is 56.6 Å². The first kappa shape index (κ1) is 25.9. The smallest absolute Gasteiger partial charge is 0.334 e. The number of sulfone groups is 1. The van der Waals surface area contributed by atoms with E-state index in [4.69, 9.17) is 0 Å². The Morgan fingerprint density at radius 1 is 1.19 bits per heavy atom. The van der Waals surface area contributed by atoms with Crippen LogP contribution in [-0.2, 0) is 33.6 Å². The standard InChI is InChI=1S/C17H23N2O8PS3/c20-15-5-6-16(21)19(15)27-17(22)7-12-31(25,26)13-10-28(23,24)9-3-11-29-30-14-4-1-2-8-18-14/h1-2,4,8H,3,5-7,9-13H2,(H,23,24). The maximum Gasteiger partial charge on any atom is 0.334 e. The molecule has 0 bridgehead atoms. The molecule has 1 aliphatic rings. The Morgan fingerprint density at radius 3 is 2.55 bits per heavy atom. The van der Waals surface area contributed by atoms with Crippen molar-refractivity contribution in [1.29, 1.82) is 0 Å². The highest BCUT2D eigenvalue weighted by Gasteiger charge is 2.33. The van der Waals surface area contributed by atoms with E-state index in [0.717, 1.165) is 5.03 Å². The van der Waals surface area contributed by atoms with Crippen LogP contribution in [0.2, 0.25) is 0 Å². The number of amides is 2. The molecule has 1 fully saturated rings. The average molecular weight is 511 g/mol. The average Bonchev–Trinajstić information content (AvgIpc) is 3.04. The summed E-state index contributed by atoms with van der Waals surface area (Å²) in [5.74, 6) is -2.86. The topological polar surface area (TPSA) is 148 Å². The maximum absolute atomic E-state index is 12.2. The molecule has 2 amide bonds. The summed E-state index contributed by atoms with van der Waals surface area (Å²) in [5.41, 5.74) is 0. The summed E-state index contributed by atoms with van der Waals surface area (Å²) in [7, 11) is -4.45. The number of hydrogen-bond acceptors (Lipinski definition) is 10. The van der Waals surface area contributed by atoms with Crippen LogP contribution >= 0.6 is 29.0 Å². The van der Waals surface area contributed by atoms with Gasteiger partial charge in [-0.1, -0.05) is 16.9 Å². The summed E-state index contributed by atoms with van der Waals surface area (Å²) in [6.45, 7) is 0. The van der Waals surface area contributed by atoms with Crippen molar-refractivity contribution in [2.45, 2.75) is 30.7 Å². The Balaban J connectivity index is 1.64. The molecule has 2 heterocycles. The van der Waals surface area contributed by atoms with E-state index in [0.29, 0.717) is 17.2 Å². The van der Waals surface area contributed by atoms with Crippen LogP contribution in [0.4, 0.5) is 0 Å². The molecule has 0 saturated carbocycles. The van der Waals surface area contributed by atoms with Crippen LogP contribution in [0, 0.1) is 0 Å². The number of carbonyl (C=O) groups excluding carboxylic acids is 3. The second-order valence-electron chi connectivity index (χ2n) is 6.67. The van der Waals surface area contributed by atoms with Crippen LogP contribution in [0.3, 0.4) is 0 Å². The predicted molar refractivity (Wildman–Crippen MR) is 117 cm³/mol. The molecule has 0 radical (unpaired) electrons. The fourth-order valence-electron chi connectivity index (χ4n) is 2.41. The fraction of sp³-hybridized carbons (Fsp3) is 0.529. The Labute approximate surface area is 188 Å². The molecule has 10 nitrogen and oxygen atoms in total. The molecule has 0 aromatic carbocycles. The summed E-state index contributed by atoms with van der Waals surface area (Å²) in [6.07, 6.45) is 1.05. The molecular formula is C17H23N2O8PS3. The predicted octanol–water partition coefficient (Wildman–Crippen LogP) is 1.89. The van der Waals surface area contributed by atoms with Gasteiger partial charge in [-0.25, -0.2) is 18.2 Å². The SMILES string of the molecule is O=C(CCS(=O)(=O)CCP(=O)(O)CCCSSc1ccccn1)ON1C(=O)CCC1=O. The maximum atomic E-state index is 12.2. The van der Waals surface area contributed by atoms with Gasteiger partial charge in [0.05, 0.1) is 17.9 Å². The van der Waals surface area contributed by atoms with Gasteiger partial charge in [-0.2, -0.15) is 0 Å². The van der Waals surface area contributed by atoms with Crippen LogP contribution in [0.5, 0.6) is 0 Å². The van der Waals surface area contributed by atoms with Crippen molar-refractivity contribution in [1.82, 2.24) is 10.0 Å². The highest BCUT2D eigenvalue weighted by atomic mass is 33.1. The molecule has 172 valence electrons. The van der Waals surface area contributed by atoms with Gasteiger partial charge in [0.2, 0.25) is 7.37 Å². The Bertz CT molecular complexity index is 926. The minimum atomic E-state index is -3.78. The molecule has 1 aromatic rings. The van der Waals surface area contributed by atoms with Crippen molar-refractivity contribution in [3.8, 4) is 0 Å². The molecule has 2 rings (SSSR count). The Hall–Kier alpha value is -1.40. The summed E-state index contributed by atoms with van der Waals surface area (Å²) in [4.78, 5) is 53.2. The lowest BCUT2D eigenvalue weighted by atomic mass is 10.4. The van der Waals surface area contributed by atoms with E-state index in [-0.39, 0.29) is 19.0 Å². The number of carbonyl (C=O) groups is 3. The lowest BCUT2D eigenvalue weighted by Crippen LogP contribution is -2.32. The Morgan fingerprint density at radius 2 is 1.90 bits per heavy atom. The van der Waals surface area contributed by atoms with Gasteiger partial charge in [-0.15, -0.1) is 5.06 Å². The molecule has 1 atom stereocenters. The lowest BCUT2D eigenvalue weighted by molar-refractivity contribution is -0.197. The number of hydrogen-bond donors (Lipinski definition) is 1. The zero-order valence-corrected chi connectivity index (χ0v) is 19.9. The van der Waals surface area contributed by atoms with Crippen molar-refractivity contribution in [3.05, 3.63) is 24.4 Å². The second-order valence-corrected chi connectivity index (χ2v) is 14.0. The van der Waals surface area contributed by atoms with Gasteiger partial charge in [-0.3, -0.25) is 14.2 Å². The van der Waals surface area contributed by atoms with Crippen molar-refractivity contribution < 1.29 is 37.1 Å². The van der Waals surface area contributed by atoms with Crippen molar-refractivity contribution in [2.24, 2.45) is 0 Å². The fourth-order valence-corrected chi connectivity index (χ4v) is 8.40. The van der Waals surface area contributed by atoms with Gasteiger partial charge in [0.25, 0.3) is 11.8 Å². The molecule has 0 aliphatic carbocycles. The highest BCUT2D eigenvalue weighted by Crippen LogP contribution is 2.42. The van der Waals surface area contributed by atoms with Crippen LogP contribution in [0.25, 0.3) is 0 Å². The summed E-state index contributed by atoms with van der Waals surface area (Å²) in [5, 5.41) is 1.18. The van der Waals surface area contributed by atoms with E-state index in [1.807, 2.05) is 18.2 Å². The van der Waals surface area contributed by atoms with Gasteiger partial charge in [-0.05, 0) is 29.3 Å². The first-order valence-corrected chi connectivity index (χ1v) is 15.5. The Kier molecular flexibility index (Phi) is 10.0. The van der Waals surface area contributed by atoms with Crippen molar-refractivity contribution in [3.63, 3.8) is 0 Å². The number of nitrogens with zero attached hydrogens (tertiary/aromatic N) is 2. The van der Waals surface area contributed by atoms with E-state index in [2.05, 4.69) is 9.82 Å².